The van der Waals surface area contributed by atoms with Crippen LogP contribution in [0.1, 0.15) is 31.4 Å². The zero-order chi connectivity index (χ0) is 15.0. The van der Waals surface area contributed by atoms with Gasteiger partial charge in [-0.1, -0.05) is 30.3 Å². The quantitative estimate of drug-likeness (QED) is 0.780. The van der Waals surface area contributed by atoms with Gasteiger partial charge in [0.2, 0.25) is 5.91 Å². The number of benzene rings is 1. The molecule has 1 aromatic carbocycles. The van der Waals surface area contributed by atoms with E-state index in [1.807, 2.05) is 37.3 Å². The fourth-order valence-electron chi connectivity index (χ4n) is 3.45. The molecule has 0 N–H and O–H groups in total. The molecule has 0 saturated carbocycles. The van der Waals surface area contributed by atoms with Crippen molar-refractivity contribution in [2.24, 2.45) is 5.92 Å². The maximum Gasteiger partial charge on any atom is 0.313 e. The Hall–Kier alpha value is -1.88. The molecule has 5 nitrogen and oxygen atoms in total. The highest BCUT2D eigenvalue weighted by Crippen LogP contribution is 2.46. The van der Waals surface area contributed by atoms with Gasteiger partial charge in [0.1, 0.15) is 5.92 Å². The van der Waals surface area contributed by atoms with Crippen molar-refractivity contribution in [1.82, 2.24) is 4.90 Å². The molecule has 1 aromatic rings. The Bertz CT molecular complexity index is 559. The zero-order valence-corrected chi connectivity index (χ0v) is 12.2. The van der Waals surface area contributed by atoms with Crippen molar-refractivity contribution in [3.05, 3.63) is 35.9 Å². The summed E-state index contributed by atoms with van der Waals surface area (Å²) in [4.78, 5) is 26.2. The number of piperidine rings is 1. The molecule has 0 aromatic heterocycles. The molecule has 2 aliphatic heterocycles. The molecule has 21 heavy (non-hydrogen) atoms. The summed E-state index contributed by atoms with van der Waals surface area (Å²) in [5.41, 5.74) is 0.114. The second-order valence-electron chi connectivity index (χ2n) is 5.67. The molecule has 2 aliphatic rings. The highest BCUT2D eigenvalue weighted by Gasteiger charge is 2.57. The summed E-state index contributed by atoms with van der Waals surface area (Å²) in [6.45, 7) is 2.22. The summed E-state index contributed by atoms with van der Waals surface area (Å²) in [5.74, 6) is -0.721. The third-order valence-corrected chi connectivity index (χ3v) is 4.56. The zero-order valence-electron chi connectivity index (χ0n) is 12.2. The van der Waals surface area contributed by atoms with Crippen LogP contribution in [0.25, 0.3) is 0 Å². The van der Waals surface area contributed by atoms with E-state index in [0.717, 1.165) is 5.56 Å². The molecule has 0 radical (unpaired) electrons. The van der Waals surface area contributed by atoms with Gasteiger partial charge in [0.25, 0.3) is 0 Å². The second-order valence-corrected chi connectivity index (χ2v) is 5.67. The van der Waals surface area contributed by atoms with Gasteiger partial charge in [-0.05, 0) is 18.9 Å². The maximum atomic E-state index is 12.4. The molecule has 2 heterocycles. The Labute approximate surface area is 123 Å². The predicted molar refractivity (Wildman–Crippen MR) is 75.1 cm³/mol. The number of hydrogen-bond donors (Lipinski definition) is 0. The van der Waals surface area contributed by atoms with Gasteiger partial charge < -0.3 is 14.4 Å². The summed E-state index contributed by atoms with van der Waals surface area (Å²) < 4.78 is 10.8. The number of rotatable bonds is 2. The van der Waals surface area contributed by atoms with E-state index in [2.05, 4.69) is 0 Å². The smallest absolute Gasteiger partial charge is 0.313 e. The molecule has 2 saturated heterocycles. The minimum Gasteiger partial charge on any atom is -0.469 e. The average molecular weight is 289 g/mol. The van der Waals surface area contributed by atoms with Crippen molar-refractivity contribution in [3.8, 4) is 0 Å². The molecular formula is C16H19NO4. The average Bonchev–Trinajstić information content (AvgIpc) is 2.87. The lowest BCUT2D eigenvalue weighted by molar-refractivity contribution is -0.184. The van der Waals surface area contributed by atoms with E-state index in [1.54, 1.807) is 4.90 Å². The highest BCUT2D eigenvalue weighted by molar-refractivity contribution is 5.83. The molecule has 0 aliphatic carbocycles. The van der Waals surface area contributed by atoms with Crippen LogP contribution in [-0.4, -0.2) is 36.2 Å². The van der Waals surface area contributed by atoms with Gasteiger partial charge in [-0.25, -0.2) is 0 Å². The number of ether oxygens (including phenoxy) is 2. The fourth-order valence-corrected chi connectivity index (χ4v) is 3.45. The number of carbonyl (C=O) groups is 2. The topological polar surface area (TPSA) is 55.8 Å². The largest absolute Gasteiger partial charge is 0.469 e. The molecule has 2 fully saturated rings. The predicted octanol–water partition coefficient (Wildman–Crippen LogP) is 1.89. The van der Waals surface area contributed by atoms with Crippen LogP contribution in [0.15, 0.2) is 30.3 Å². The van der Waals surface area contributed by atoms with Crippen LogP contribution in [0, 0.1) is 5.92 Å². The van der Waals surface area contributed by atoms with E-state index in [9.17, 15) is 9.59 Å². The normalized spacial score (nSPS) is 31.9. The number of carbonyl (C=O) groups excluding carboxylic acids is 2. The van der Waals surface area contributed by atoms with Crippen LogP contribution in [-0.2, 0) is 19.1 Å². The van der Waals surface area contributed by atoms with Crippen molar-refractivity contribution in [3.63, 3.8) is 0 Å². The van der Waals surface area contributed by atoms with Crippen LogP contribution in [0.5, 0.6) is 0 Å². The summed E-state index contributed by atoms with van der Waals surface area (Å²) in [7, 11) is 1.37. The van der Waals surface area contributed by atoms with Gasteiger partial charge in [0.15, 0.2) is 5.72 Å². The van der Waals surface area contributed by atoms with Crippen molar-refractivity contribution in [2.75, 3.05) is 13.7 Å². The monoisotopic (exact) mass is 289 g/mol. The van der Waals surface area contributed by atoms with Crippen molar-refractivity contribution < 1.29 is 19.1 Å². The van der Waals surface area contributed by atoms with E-state index in [1.165, 1.54) is 7.11 Å². The lowest BCUT2D eigenvalue weighted by atomic mass is 9.85. The van der Waals surface area contributed by atoms with E-state index in [-0.39, 0.29) is 17.9 Å². The Morgan fingerprint density at radius 3 is 2.76 bits per heavy atom. The molecule has 1 amide bonds. The first-order chi connectivity index (χ1) is 10.1. The number of methoxy groups -OCH3 is 1. The van der Waals surface area contributed by atoms with Gasteiger partial charge >= 0.3 is 5.97 Å². The van der Waals surface area contributed by atoms with E-state index in [0.29, 0.717) is 19.4 Å². The lowest BCUT2D eigenvalue weighted by Crippen LogP contribution is -2.57. The fraction of sp³-hybridized carbons (Fsp3) is 0.500. The third kappa shape index (κ3) is 2.12. The highest BCUT2D eigenvalue weighted by atomic mass is 16.5. The molecule has 0 bridgehead atoms. The molecule has 3 atom stereocenters. The van der Waals surface area contributed by atoms with Gasteiger partial charge in [-0.3, -0.25) is 9.59 Å². The molecule has 3 unspecified atom stereocenters. The van der Waals surface area contributed by atoms with Crippen molar-refractivity contribution in [1.29, 1.82) is 0 Å². The Kier molecular flexibility index (Phi) is 3.45. The standard InChI is InChI=1S/C16H19NO4/c1-16-12(15(19)20-2)8-9-14(18)17(16)13(10-21-16)11-6-4-3-5-7-11/h3-7,12-13H,8-10H2,1-2H3. The number of hydrogen-bond acceptors (Lipinski definition) is 4. The Morgan fingerprint density at radius 1 is 1.38 bits per heavy atom. The maximum absolute atomic E-state index is 12.4. The third-order valence-electron chi connectivity index (χ3n) is 4.56. The Balaban J connectivity index is 1.97. The first-order valence-corrected chi connectivity index (χ1v) is 7.17. The minimum atomic E-state index is -0.914. The SMILES string of the molecule is COC(=O)C1CCC(=O)N2C(c3ccccc3)COC12C. The summed E-state index contributed by atoms with van der Waals surface area (Å²) in [6, 6.07) is 9.64. The molecule has 112 valence electrons. The number of fused-ring (bicyclic) bond motifs is 1. The van der Waals surface area contributed by atoms with Crippen LogP contribution in [0.2, 0.25) is 0 Å². The van der Waals surface area contributed by atoms with Crippen LogP contribution in [0.3, 0.4) is 0 Å². The summed E-state index contributed by atoms with van der Waals surface area (Å²) in [6.07, 6.45) is 0.821. The van der Waals surface area contributed by atoms with Gasteiger partial charge in [0.05, 0.1) is 19.8 Å². The van der Waals surface area contributed by atoms with E-state index < -0.39 is 11.6 Å². The van der Waals surface area contributed by atoms with Crippen molar-refractivity contribution in [2.45, 2.75) is 31.5 Å². The first-order valence-electron chi connectivity index (χ1n) is 7.17. The summed E-state index contributed by atoms with van der Waals surface area (Å²) in [5, 5.41) is 0. The van der Waals surface area contributed by atoms with Gasteiger partial charge in [-0.2, -0.15) is 0 Å². The first kappa shape index (κ1) is 14.1. The van der Waals surface area contributed by atoms with Gasteiger partial charge in [0, 0.05) is 6.42 Å². The minimum absolute atomic E-state index is 0.0315. The lowest BCUT2D eigenvalue weighted by Gasteiger charge is -2.44. The number of esters is 1. The van der Waals surface area contributed by atoms with Crippen LogP contribution in [0.4, 0.5) is 0 Å². The molecule has 0 spiro atoms. The molecular weight excluding hydrogens is 270 g/mol. The summed E-state index contributed by atoms with van der Waals surface area (Å²) >= 11 is 0. The van der Waals surface area contributed by atoms with E-state index in [4.69, 9.17) is 9.47 Å². The van der Waals surface area contributed by atoms with Crippen LogP contribution < -0.4 is 0 Å². The van der Waals surface area contributed by atoms with Gasteiger partial charge in [-0.15, -0.1) is 0 Å². The molecule has 3 rings (SSSR count). The number of nitrogens with zero attached hydrogens (tertiary/aromatic N) is 1. The van der Waals surface area contributed by atoms with Crippen LogP contribution >= 0.6 is 0 Å². The number of amides is 1. The molecule has 5 heteroatoms. The second kappa shape index (κ2) is 5.15. The Morgan fingerprint density at radius 2 is 2.10 bits per heavy atom. The van der Waals surface area contributed by atoms with E-state index >= 15 is 0 Å². The van der Waals surface area contributed by atoms with Crippen molar-refractivity contribution >= 4 is 11.9 Å².